The van der Waals surface area contributed by atoms with Crippen molar-refractivity contribution < 1.29 is 14.3 Å². The number of nitrogens with zero attached hydrogens (tertiary/aromatic N) is 3. The summed E-state index contributed by atoms with van der Waals surface area (Å²) in [6, 6.07) is 11.7. The first kappa shape index (κ1) is 21.6. The maximum atomic E-state index is 13.3. The standard InChI is InChI=1S/C24H22N4O3/c1-4-31-24(30)22-16(3)27-15(2)21(22)23(29)17(13-26)12-18-14-28(11-7-10-25)20-9-6-5-8-19(18)20/h5-6,8-9,12,14,27H,4,7,11H2,1-3H3/b17-12+. The molecule has 0 aliphatic carbocycles. The summed E-state index contributed by atoms with van der Waals surface area (Å²) >= 11 is 0. The minimum Gasteiger partial charge on any atom is -0.462 e. The summed E-state index contributed by atoms with van der Waals surface area (Å²) in [6.45, 7) is 5.75. The Morgan fingerprint density at radius 1 is 1.16 bits per heavy atom. The molecule has 0 spiro atoms. The molecule has 0 unspecified atom stereocenters. The number of nitriles is 2. The molecule has 2 aromatic heterocycles. The van der Waals surface area contributed by atoms with Crippen molar-refractivity contribution in [1.82, 2.24) is 9.55 Å². The van der Waals surface area contributed by atoms with Crippen molar-refractivity contribution in [3.8, 4) is 12.1 Å². The van der Waals surface area contributed by atoms with Gasteiger partial charge in [-0.1, -0.05) is 18.2 Å². The number of ether oxygens (including phenoxy) is 1. The SMILES string of the molecule is CCOC(=O)c1c(C)[nH]c(C)c1C(=O)/C(C#N)=C/c1cn(CCC#N)c2ccccc12. The number of carbonyl (C=O) groups is 2. The van der Waals surface area contributed by atoms with Gasteiger partial charge in [0.2, 0.25) is 5.78 Å². The molecule has 0 bridgehead atoms. The summed E-state index contributed by atoms with van der Waals surface area (Å²) in [5, 5.41) is 19.5. The Morgan fingerprint density at radius 3 is 2.55 bits per heavy atom. The van der Waals surface area contributed by atoms with Crippen LogP contribution in [0.15, 0.2) is 36.0 Å². The van der Waals surface area contributed by atoms with Gasteiger partial charge in [-0.3, -0.25) is 4.79 Å². The first-order valence-electron chi connectivity index (χ1n) is 9.90. The quantitative estimate of drug-likeness (QED) is 0.265. The van der Waals surface area contributed by atoms with Gasteiger partial charge in [0.05, 0.1) is 30.2 Å². The third-order valence-electron chi connectivity index (χ3n) is 5.03. The van der Waals surface area contributed by atoms with E-state index in [0.717, 1.165) is 10.9 Å². The average Bonchev–Trinajstić information content (AvgIpc) is 3.26. The number of aromatic amines is 1. The number of para-hydroxylation sites is 1. The van der Waals surface area contributed by atoms with E-state index in [4.69, 9.17) is 10.00 Å². The molecule has 2 heterocycles. The van der Waals surface area contributed by atoms with Gasteiger partial charge >= 0.3 is 5.97 Å². The molecule has 7 heteroatoms. The van der Waals surface area contributed by atoms with Gasteiger partial charge in [-0.15, -0.1) is 0 Å². The Morgan fingerprint density at radius 2 is 1.87 bits per heavy atom. The van der Waals surface area contributed by atoms with Crippen LogP contribution in [0.4, 0.5) is 0 Å². The molecule has 0 aliphatic heterocycles. The second-order valence-electron chi connectivity index (χ2n) is 7.05. The van der Waals surface area contributed by atoms with E-state index in [1.54, 1.807) is 20.8 Å². The molecule has 1 aromatic carbocycles. The lowest BCUT2D eigenvalue weighted by molar-refractivity contribution is 0.0523. The van der Waals surface area contributed by atoms with Gasteiger partial charge in [-0.2, -0.15) is 10.5 Å². The monoisotopic (exact) mass is 414 g/mol. The van der Waals surface area contributed by atoms with Crippen LogP contribution in [0, 0.1) is 36.5 Å². The van der Waals surface area contributed by atoms with Crippen molar-refractivity contribution in [3.05, 3.63) is 64.1 Å². The summed E-state index contributed by atoms with van der Waals surface area (Å²) in [6.07, 6.45) is 3.70. The number of rotatable bonds is 7. The molecule has 156 valence electrons. The van der Waals surface area contributed by atoms with Crippen LogP contribution in [0.3, 0.4) is 0 Å². The fourth-order valence-electron chi connectivity index (χ4n) is 3.71. The van der Waals surface area contributed by atoms with E-state index in [1.165, 1.54) is 6.08 Å². The van der Waals surface area contributed by atoms with Crippen LogP contribution in [-0.4, -0.2) is 27.9 Å². The minimum atomic E-state index is -0.599. The first-order valence-corrected chi connectivity index (χ1v) is 9.90. The molecular weight excluding hydrogens is 392 g/mol. The van der Waals surface area contributed by atoms with Crippen LogP contribution < -0.4 is 0 Å². The molecular formula is C24H22N4O3. The Kier molecular flexibility index (Phi) is 6.37. The molecule has 0 fully saturated rings. The number of fused-ring (bicyclic) bond motifs is 1. The van der Waals surface area contributed by atoms with Crippen LogP contribution in [0.25, 0.3) is 17.0 Å². The minimum absolute atomic E-state index is 0.0872. The number of benzene rings is 1. The number of aromatic nitrogens is 2. The van der Waals surface area contributed by atoms with Crippen molar-refractivity contribution in [3.63, 3.8) is 0 Å². The second kappa shape index (κ2) is 9.15. The topological polar surface area (TPSA) is 112 Å². The van der Waals surface area contributed by atoms with E-state index in [-0.39, 0.29) is 23.3 Å². The Balaban J connectivity index is 2.11. The molecule has 0 amide bonds. The molecule has 0 aliphatic rings. The van der Waals surface area contributed by atoms with E-state index in [9.17, 15) is 14.9 Å². The van der Waals surface area contributed by atoms with Gasteiger partial charge in [0.1, 0.15) is 11.6 Å². The fourth-order valence-corrected chi connectivity index (χ4v) is 3.71. The maximum absolute atomic E-state index is 13.3. The maximum Gasteiger partial charge on any atom is 0.340 e. The predicted octanol–water partition coefficient (Wildman–Crippen LogP) is 4.47. The lowest BCUT2D eigenvalue weighted by Gasteiger charge is -2.05. The van der Waals surface area contributed by atoms with Gasteiger partial charge in [-0.25, -0.2) is 4.79 Å². The summed E-state index contributed by atoms with van der Waals surface area (Å²) in [4.78, 5) is 28.7. The van der Waals surface area contributed by atoms with Crippen LogP contribution in [0.5, 0.6) is 0 Å². The number of hydrogen-bond acceptors (Lipinski definition) is 5. The third-order valence-corrected chi connectivity index (χ3v) is 5.03. The number of carbonyl (C=O) groups excluding carboxylic acids is 2. The smallest absolute Gasteiger partial charge is 0.340 e. The highest BCUT2D eigenvalue weighted by molar-refractivity contribution is 6.19. The third kappa shape index (κ3) is 4.12. The molecule has 0 radical (unpaired) electrons. The van der Waals surface area contributed by atoms with Crippen molar-refractivity contribution in [1.29, 1.82) is 10.5 Å². The molecule has 0 saturated heterocycles. The van der Waals surface area contributed by atoms with Crippen LogP contribution in [-0.2, 0) is 11.3 Å². The zero-order valence-electron chi connectivity index (χ0n) is 17.7. The van der Waals surface area contributed by atoms with Gasteiger partial charge in [0.15, 0.2) is 0 Å². The second-order valence-corrected chi connectivity index (χ2v) is 7.05. The Bertz CT molecular complexity index is 1280. The van der Waals surface area contributed by atoms with Crippen molar-refractivity contribution in [2.75, 3.05) is 6.61 Å². The van der Waals surface area contributed by atoms with Crippen LogP contribution >= 0.6 is 0 Å². The number of allylic oxidation sites excluding steroid dienone is 1. The Hall–Kier alpha value is -4.10. The first-order chi connectivity index (χ1) is 14.9. The van der Waals surface area contributed by atoms with Crippen molar-refractivity contribution in [2.45, 2.75) is 33.7 Å². The number of Topliss-reactive ketones (excluding diaryl/α,β-unsaturated/α-hetero) is 1. The highest BCUT2D eigenvalue weighted by Crippen LogP contribution is 2.27. The summed E-state index contributed by atoms with van der Waals surface area (Å²) < 4.78 is 7.03. The van der Waals surface area contributed by atoms with E-state index >= 15 is 0 Å². The van der Waals surface area contributed by atoms with E-state index in [0.29, 0.717) is 29.9 Å². The summed E-state index contributed by atoms with van der Waals surface area (Å²) in [5.41, 5.74) is 2.85. The molecule has 7 nitrogen and oxygen atoms in total. The van der Waals surface area contributed by atoms with Crippen molar-refractivity contribution >= 4 is 28.7 Å². The number of H-pyrrole nitrogens is 1. The zero-order valence-corrected chi connectivity index (χ0v) is 17.7. The van der Waals surface area contributed by atoms with Gasteiger partial charge in [-0.05, 0) is 32.9 Å². The molecule has 31 heavy (non-hydrogen) atoms. The Labute approximate surface area is 180 Å². The largest absolute Gasteiger partial charge is 0.462 e. The highest BCUT2D eigenvalue weighted by Gasteiger charge is 2.27. The number of esters is 1. The molecule has 1 N–H and O–H groups in total. The molecule has 3 rings (SSSR count). The molecule has 0 atom stereocenters. The van der Waals surface area contributed by atoms with Crippen molar-refractivity contribution in [2.24, 2.45) is 0 Å². The normalized spacial score (nSPS) is 11.2. The van der Waals surface area contributed by atoms with E-state index < -0.39 is 11.8 Å². The summed E-state index contributed by atoms with van der Waals surface area (Å²) in [5.74, 6) is -1.14. The van der Waals surface area contributed by atoms with E-state index in [1.807, 2.05) is 41.1 Å². The number of nitrogens with one attached hydrogen (secondary N) is 1. The molecule has 0 saturated carbocycles. The summed E-state index contributed by atoms with van der Waals surface area (Å²) in [7, 11) is 0. The lowest BCUT2D eigenvalue weighted by atomic mass is 9.98. The lowest BCUT2D eigenvalue weighted by Crippen LogP contribution is -2.13. The van der Waals surface area contributed by atoms with Gasteiger partial charge in [0, 0.05) is 40.6 Å². The van der Waals surface area contributed by atoms with Crippen LogP contribution in [0.1, 0.15) is 51.0 Å². The number of ketones is 1. The number of hydrogen-bond donors (Lipinski definition) is 1. The van der Waals surface area contributed by atoms with E-state index in [2.05, 4.69) is 11.1 Å². The highest BCUT2D eigenvalue weighted by atomic mass is 16.5. The van der Waals surface area contributed by atoms with Crippen LogP contribution in [0.2, 0.25) is 0 Å². The van der Waals surface area contributed by atoms with Gasteiger partial charge < -0.3 is 14.3 Å². The fraction of sp³-hybridized carbons (Fsp3) is 0.250. The number of aryl methyl sites for hydroxylation is 3. The average molecular weight is 414 g/mol. The predicted molar refractivity (Wildman–Crippen MR) is 116 cm³/mol. The molecule has 3 aromatic rings. The van der Waals surface area contributed by atoms with Gasteiger partial charge in [0.25, 0.3) is 0 Å². The zero-order chi connectivity index (χ0) is 22.5.